The van der Waals surface area contributed by atoms with Crippen LogP contribution in [-0.2, 0) is 0 Å². The molecule has 2 heteroatoms. The van der Waals surface area contributed by atoms with Crippen molar-refractivity contribution in [3.63, 3.8) is 0 Å². The highest BCUT2D eigenvalue weighted by molar-refractivity contribution is 7.99. The minimum absolute atomic E-state index is 0.153. The molecule has 0 radical (unpaired) electrons. The van der Waals surface area contributed by atoms with Gasteiger partial charge in [0.1, 0.15) is 0 Å². The highest BCUT2D eigenvalue weighted by Gasteiger charge is 2.12. The molecule has 0 aromatic heterocycles. The maximum atomic E-state index is 9.82. The van der Waals surface area contributed by atoms with Crippen molar-refractivity contribution in [2.75, 3.05) is 11.5 Å². The number of hydrogen-bond acceptors (Lipinski definition) is 2. The molecule has 0 saturated carbocycles. The first-order chi connectivity index (χ1) is 6.34. The second-order valence-electron chi connectivity index (χ2n) is 3.53. The van der Waals surface area contributed by atoms with E-state index in [1.54, 1.807) is 0 Å². The van der Waals surface area contributed by atoms with Crippen molar-refractivity contribution in [3.05, 3.63) is 11.6 Å². The van der Waals surface area contributed by atoms with E-state index in [-0.39, 0.29) is 6.10 Å². The SMILES string of the molecule is CCSCCC(O)C1=CCCCC1. The van der Waals surface area contributed by atoms with Crippen LogP contribution in [0.1, 0.15) is 39.0 Å². The minimum Gasteiger partial charge on any atom is -0.389 e. The Balaban J connectivity index is 2.21. The van der Waals surface area contributed by atoms with Crippen LogP contribution in [0.4, 0.5) is 0 Å². The topological polar surface area (TPSA) is 20.2 Å². The zero-order valence-electron chi connectivity index (χ0n) is 8.46. The lowest BCUT2D eigenvalue weighted by atomic mass is 9.94. The zero-order chi connectivity index (χ0) is 9.52. The predicted octanol–water partition coefficient (Wildman–Crippen LogP) is 2.99. The molecule has 0 aromatic carbocycles. The molecule has 0 aromatic rings. The standard InChI is InChI=1S/C11H20OS/c1-2-13-9-8-11(12)10-6-4-3-5-7-10/h6,11-12H,2-5,7-9H2,1H3. The van der Waals surface area contributed by atoms with Crippen molar-refractivity contribution in [3.8, 4) is 0 Å². The molecule has 0 bridgehead atoms. The lowest BCUT2D eigenvalue weighted by Crippen LogP contribution is -2.13. The Hall–Kier alpha value is 0.0500. The van der Waals surface area contributed by atoms with Crippen LogP contribution in [0.5, 0.6) is 0 Å². The summed E-state index contributed by atoms with van der Waals surface area (Å²) >= 11 is 1.91. The van der Waals surface area contributed by atoms with Gasteiger partial charge in [0.25, 0.3) is 0 Å². The molecule has 1 aliphatic rings. The van der Waals surface area contributed by atoms with E-state index in [0.29, 0.717) is 0 Å². The predicted molar refractivity (Wildman–Crippen MR) is 60.2 cm³/mol. The van der Waals surface area contributed by atoms with Gasteiger partial charge in [-0.25, -0.2) is 0 Å². The van der Waals surface area contributed by atoms with Crippen LogP contribution in [0.2, 0.25) is 0 Å². The third kappa shape index (κ3) is 4.19. The Morgan fingerprint density at radius 3 is 3.00 bits per heavy atom. The number of allylic oxidation sites excluding steroid dienone is 1. The summed E-state index contributed by atoms with van der Waals surface area (Å²) in [6.07, 6.45) is 7.89. The summed E-state index contributed by atoms with van der Waals surface area (Å²) in [5.74, 6) is 2.25. The van der Waals surface area contributed by atoms with Crippen LogP contribution in [-0.4, -0.2) is 22.7 Å². The molecule has 0 amide bonds. The van der Waals surface area contributed by atoms with Crippen LogP contribution >= 0.6 is 11.8 Å². The van der Waals surface area contributed by atoms with E-state index in [2.05, 4.69) is 13.0 Å². The first-order valence-corrected chi connectivity index (χ1v) is 6.44. The third-order valence-electron chi connectivity index (χ3n) is 2.49. The number of hydrogen-bond donors (Lipinski definition) is 1. The van der Waals surface area contributed by atoms with E-state index in [0.717, 1.165) is 24.3 Å². The number of rotatable bonds is 5. The Kier molecular flexibility index (Phi) is 5.56. The summed E-state index contributed by atoms with van der Waals surface area (Å²) in [6, 6.07) is 0. The van der Waals surface area contributed by atoms with Gasteiger partial charge in [0.05, 0.1) is 6.10 Å². The number of aliphatic hydroxyl groups is 1. The monoisotopic (exact) mass is 200 g/mol. The van der Waals surface area contributed by atoms with Gasteiger partial charge in [-0.2, -0.15) is 11.8 Å². The fraction of sp³-hybridized carbons (Fsp3) is 0.818. The van der Waals surface area contributed by atoms with E-state index in [1.807, 2.05) is 11.8 Å². The molecule has 0 saturated heterocycles. The summed E-state index contributed by atoms with van der Waals surface area (Å²) < 4.78 is 0. The van der Waals surface area contributed by atoms with E-state index < -0.39 is 0 Å². The van der Waals surface area contributed by atoms with Gasteiger partial charge >= 0.3 is 0 Å². The van der Waals surface area contributed by atoms with Gasteiger partial charge in [0, 0.05) is 0 Å². The van der Waals surface area contributed by atoms with Gasteiger partial charge in [-0.1, -0.05) is 13.0 Å². The second-order valence-corrected chi connectivity index (χ2v) is 4.92. The highest BCUT2D eigenvalue weighted by atomic mass is 32.2. The fourth-order valence-corrected chi connectivity index (χ4v) is 2.37. The van der Waals surface area contributed by atoms with Crippen molar-refractivity contribution in [2.24, 2.45) is 0 Å². The van der Waals surface area contributed by atoms with Crippen LogP contribution in [0.25, 0.3) is 0 Å². The van der Waals surface area contributed by atoms with E-state index in [4.69, 9.17) is 0 Å². The largest absolute Gasteiger partial charge is 0.389 e. The van der Waals surface area contributed by atoms with Crippen molar-refractivity contribution in [1.82, 2.24) is 0 Å². The molecular weight excluding hydrogens is 180 g/mol. The van der Waals surface area contributed by atoms with E-state index in [1.165, 1.54) is 24.8 Å². The molecule has 1 N–H and O–H groups in total. The summed E-state index contributed by atoms with van der Waals surface area (Å²) in [6.45, 7) is 2.16. The lowest BCUT2D eigenvalue weighted by molar-refractivity contribution is 0.201. The molecule has 0 spiro atoms. The summed E-state index contributed by atoms with van der Waals surface area (Å²) in [4.78, 5) is 0. The summed E-state index contributed by atoms with van der Waals surface area (Å²) in [7, 11) is 0. The summed E-state index contributed by atoms with van der Waals surface area (Å²) in [5.41, 5.74) is 1.29. The van der Waals surface area contributed by atoms with Crippen LogP contribution < -0.4 is 0 Å². The Morgan fingerprint density at radius 1 is 1.54 bits per heavy atom. The van der Waals surface area contributed by atoms with E-state index in [9.17, 15) is 5.11 Å². The van der Waals surface area contributed by atoms with Gasteiger partial charge in [0.2, 0.25) is 0 Å². The minimum atomic E-state index is -0.153. The number of aliphatic hydroxyl groups excluding tert-OH is 1. The Morgan fingerprint density at radius 2 is 2.38 bits per heavy atom. The van der Waals surface area contributed by atoms with Gasteiger partial charge in [0.15, 0.2) is 0 Å². The third-order valence-corrected chi connectivity index (χ3v) is 3.43. The molecule has 0 aliphatic heterocycles. The molecule has 76 valence electrons. The molecule has 1 unspecified atom stereocenters. The Bertz CT molecular complexity index is 165. The molecule has 0 fully saturated rings. The molecule has 1 rings (SSSR count). The first kappa shape index (κ1) is 11.1. The average Bonchev–Trinajstić information content (AvgIpc) is 2.19. The van der Waals surface area contributed by atoms with Crippen LogP contribution in [0, 0.1) is 0 Å². The smallest absolute Gasteiger partial charge is 0.0758 e. The molecule has 0 heterocycles. The van der Waals surface area contributed by atoms with Gasteiger partial charge in [-0.15, -0.1) is 0 Å². The van der Waals surface area contributed by atoms with Gasteiger partial charge in [-0.05, 0) is 49.2 Å². The summed E-state index contributed by atoms with van der Waals surface area (Å²) in [5, 5.41) is 9.82. The Labute approximate surface area is 85.6 Å². The quantitative estimate of drug-likeness (QED) is 0.544. The van der Waals surface area contributed by atoms with Crippen LogP contribution in [0.15, 0.2) is 11.6 Å². The van der Waals surface area contributed by atoms with Gasteiger partial charge in [-0.3, -0.25) is 0 Å². The molecule has 1 nitrogen and oxygen atoms in total. The maximum Gasteiger partial charge on any atom is 0.0758 e. The molecule has 13 heavy (non-hydrogen) atoms. The van der Waals surface area contributed by atoms with E-state index >= 15 is 0 Å². The first-order valence-electron chi connectivity index (χ1n) is 5.29. The maximum absolute atomic E-state index is 9.82. The average molecular weight is 200 g/mol. The van der Waals surface area contributed by atoms with Crippen molar-refractivity contribution in [1.29, 1.82) is 0 Å². The van der Waals surface area contributed by atoms with Crippen LogP contribution in [0.3, 0.4) is 0 Å². The van der Waals surface area contributed by atoms with Crippen molar-refractivity contribution < 1.29 is 5.11 Å². The lowest BCUT2D eigenvalue weighted by Gasteiger charge is -2.18. The van der Waals surface area contributed by atoms with Crippen molar-refractivity contribution in [2.45, 2.75) is 45.1 Å². The molecular formula is C11H20OS. The highest BCUT2D eigenvalue weighted by Crippen LogP contribution is 2.22. The normalized spacial score (nSPS) is 19.7. The fourth-order valence-electron chi connectivity index (χ4n) is 1.69. The second kappa shape index (κ2) is 6.50. The zero-order valence-corrected chi connectivity index (χ0v) is 9.28. The van der Waals surface area contributed by atoms with Gasteiger partial charge < -0.3 is 5.11 Å². The number of thioether (sulfide) groups is 1. The molecule has 1 aliphatic carbocycles. The molecule has 1 atom stereocenters. The van der Waals surface area contributed by atoms with Crippen molar-refractivity contribution >= 4 is 11.8 Å².